The van der Waals surface area contributed by atoms with Crippen LogP contribution in [-0.2, 0) is 29.5 Å². The Kier molecular flexibility index (Phi) is 6.52. The van der Waals surface area contributed by atoms with Crippen molar-refractivity contribution in [1.29, 1.82) is 0 Å². The van der Waals surface area contributed by atoms with Crippen molar-refractivity contribution in [2.75, 3.05) is 12.3 Å². The first-order chi connectivity index (χ1) is 8.53. The molecule has 0 radical (unpaired) electrons. The summed E-state index contributed by atoms with van der Waals surface area (Å²) in [5, 5.41) is 4.51. The summed E-state index contributed by atoms with van der Waals surface area (Å²) in [7, 11) is -0.883. The van der Waals surface area contributed by atoms with Gasteiger partial charge in [0, 0.05) is 23.1 Å². The maximum atomic E-state index is 12.1. The highest BCUT2D eigenvalue weighted by Gasteiger charge is 2.17. The molecular formula is C12H22BrN3OS. The molecule has 0 saturated heterocycles. The van der Waals surface area contributed by atoms with Crippen LogP contribution < -0.4 is 5.73 Å². The average molecular weight is 336 g/mol. The molecule has 0 spiro atoms. The van der Waals surface area contributed by atoms with Gasteiger partial charge in [-0.2, -0.15) is 5.10 Å². The molecule has 18 heavy (non-hydrogen) atoms. The van der Waals surface area contributed by atoms with Crippen molar-refractivity contribution in [2.45, 2.75) is 39.5 Å². The lowest BCUT2D eigenvalue weighted by atomic mass is 10.2. The molecule has 0 bridgehead atoms. The topological polar surface area (TPSA) is 60.9 Å². The molecule has 1 rings (SSSR count). The zero-order valence-electron chi connectivity index (χ0n) is 11.3. The fourth-order valence-corrected chi connectivity index (χ4v) is 4.13. The average Bonchev–Trinajstić information content (AvgIpc) is 2.66. The summed E-state index contributed by atoms with van der Waals surface area (Å²) in [6.45, 7) is 7.54. The summed E-state index contributed by atoms with van der Waals surface area (Å²) < 4.78 is 15.0. The number of hydrogen-bond acceptors (Lipinski definition) is 3. The highest BCUT2D eigenvalue weighted by atomic mass is 79.9. The minimum Gasteiger partial charge on any atom is -0.330 e. The van der Waals surface area contributed by atoms with Gasteiger partial charge in [-0.15, -0.1) is 0 Å². The normalized spacial score (nSPS) is 14.7. The van der Waals surface area contributed by atoms with Gasteiger partial charge in [0.05, 0.1) is 21.6 Å². The Morgan fingerprint density at radius 3 is 2.67 bits per heavy atom. The number of rotatable bonds is 7. The smallest absolute Gasteiger partial charge is 0.0767 e. The standard InChI is InChI=1S/C12H22BrN3OS/c1-4-10-12(13)11(16(5-2)15-10)8-18(17)7-9(3)6-14/h9H,4-8,14H2,1-3H3. The van der Waals surface area contributed by atoms with Crippen LogP contribution in [0.5, 0.6) is 0 Å². The van der Waals surface area contributed by atoms with Crippen LogP contribution in [0.2, 0.25) is 0 Å². The van der Waals surface area contributed by atoms with Crippen molar-refractivity contribution < 1.29 is 4.21 Å². The molecule has 1 aromatic rings. The Hall–Kier alpha value is -0.200. The van der Waals surface area contributed by atoms with E-state index in [9.17, 15) is 4.21 Å². The second-order valence-corrected chi connectivity index (χ2v) is 6.76. The van der Waals surface area contributed by atoms with E-state index in [0.29, 0.717) is 24.0 Å². The maximum absolute atomic E-state index is 12.1. The summed E-state index contributed by atoms with van der Waals surface area (Å²) in [5.74, 6) is 1.50. The Bertz CT molecular complexity index is 420. The third kappa shape index (κ3) is 3.90. The summed E-state index contributed by atoms with van der Waals surface area (Å²) >= 11 is 3.57. The summed E-state index contributed by atoms with van der Waals surface area (Å²) in [6.07, 6.45) is 0.881. The molecule has 0 amide bonds. The molecule has 4 nitrogen and oxygen atoms in total. The molecule has 104 valence electrons. The van der Waals surface area contributed by atoms with Crippen LogP contribution in [-0.4, -0.2) is 26.3 Å². The maximum Gasteiger partial charge on any atom is 0.0767 e. The largest absolute Gasteiger partial charge is 0.330 e. The van der Waals surface area contributed by atoms with E-state index >= 15 is 0 Å². The third-order valence-corrected chi connectivity index (χ3v) is 5.32. The Morgan fingerprint density at radius 1 is 1.50 bits per heavy atom. The number of aryl methyl sites for hydroxylation is 2. The predicted molar refractivity (Wildman–Crippen MR) is 79.9 cm³/mol. The van der Waals surface area contributed by atoms with E-state index in [-0.39, 0.29) is 0 Å². The van der Waals surface area contributed by atoms with Crippen LogP contribution in [0.4, 0.5) is 0 Å². The molecule has 0 fully saturated rings. The molecule has 0 aromatic carbocycles. The molecule has 6 heteroatoms. The van der Waals surface area contributed by atoms with E-state index in [1.54, 1.807) is 0 Å². The van der Waals surface area contributed by atoms with Crippen LogP contribution >= 0.6 is 15.9 Å². The first-order valence-electron chi connectivity index (χ1n) is 6.32. The molecule has 1 heterocycles. The lowest BCUT2D eigenvalue weighted by molar-refractivity contribution is 0.617. The van der Waals surface area contributed by atoms with Crippen LogP contribution in [0.25, 0.3) is 0 Å². The van der Waals surface area contributed by atoms with Gasteiger partial charge in [0.2, 0.25) is 0 Å². The molecule has 0 aliphatic rings. The van der Waals surface area contributed by atoms with Crippen LogP contribution in [0.15, 0.2) is 4.47 Å². The molecule has 2 N–H and O–H groups in total. The minimum absolute atomic E-state index is 0.299. The van der Waals surface area contributed by atoms with Gasteiger partial charge in [-0.1, -0.05) is 13.8 Å². The summed E-state index contributed by atoms with van der Waals surface area (Å²) in [6, 6.07) is 0. The quantitative estimate of drug-likeness (QED) is 0.829. The molecule has 2 unspecified atom stereocenters. The Labute approximate surface area is 120 Å². The first kappa shape index (κ1) is 15.9. The van der Waals surface area contributed by atoms with E-state index in [0.717, 1.165) is 28.8 Å². The van der Waals surface area contributed by atoms with Crippen molar-refractivity contribution in [3.05, 3.63) is 15.9 Å². The van der Waals surface area contributed by atoms with Gasteiger partial charge < -0.3 is 5.73 Å². The van der Waals surface area contributed by atoms with Gasteiger partial charge in [-0.3, -0.25) is 8.89 Å². The van der Waals surface area contributed by atoms with Gasteiger partial charge >= 0.3 is 0 Å². The Balaban J connectivity index is 2.83. The monoisotopic (exact) mass is 335 g/mol. The van der Waals surface area contributed by atoms with E-state index < -0.39 is 10.8 Å². The van der Waals surface area contributed by atoms with Crippen LogP contribution in [0.3, 0.4) is 0 Å². The van der Waals surface area contributed by atoms with Crippen molar-refractivity contribution in [3.8, 4) is 0 Å². The second-order valence-electron chi connectivity index (χ2n) is 4.47. The van der Waals surface area contributed by atoms with Gasteiger partial charge in [-0.25, -0.2) is 0 Å². The Morgan fingerprint density at radius 2 is 2.17 bits per heavy atom. The second kappa shape index (κ2) is 7.40. The fraction of sp³-hybridized carbons (Fsp3) is 0.750. The number of hydrogen-bond donors (Lipinski definition) is 1. The number of aromatic nitrogens is 2. The zero-order valence-corrected chi connectivity index (χ0v) is 13.7. The molecule has 2 atom stereocenters. The van der Waals surface area contributed by atoms with Gasteiger partial charge in [0.1, 0.15) is 0 Å². The zero-order chi connectivity index (χ0) is 13.7. The highest BCUT2D eigenvalue weighted by molar-refractivity contribution is 9.10. The third-order valence-electron chi connectivity index (χ3n) is 2.86. The van der Waals surface area contributed by atoms with Gasteiger partial charge in [-0.05, 0) is 41.7 Å². The van der Waals surface area contributed by atoms with Crippen molar-refractivity contribution in [3.63, 3.8) is 0 Å². The lowest BCUT2D eigenvalue weighted by Gasteiger charge is -2.09. The van der Waals surface area contributed by atoms with Crippen molar-refractivity contribution in [1.82, 2.24) is 9.78 Å². The molecule has 0 aliphatic heterocycles. The molecule has 0 saturated carbocycles. The minimum atomic E-state index is -0.883. The van der Waals surface area contributed by atoms with E-state index in [1.807, 2.05) is 18.5 Å². The highest BCUT2D eigenvalue weighted by Crippen LogP contribution is 2.23. The lowest BCUT2D eigenvalue weighted by Crippen LogP contribution is -2.19. The first-order valence-corrected chi connectivity index (χ1v) is 8.60. The predicted octanol–water partition coefficient (Wildman–Crippen LogP) is 2.07. The molecule has 0 aliphatic carbocycles. The SMILES string of the molecule is CCc1nn(CC)c(CS(=O)CC(C)CN)c1Br. The number of nitrogens with two attached hydrogens (primary N) is 1. The van der Waals surface area contributed by atoms with Gasteiger partial charge in [0.15, 0.2) is 0 Å². The van der Waals surface area contributed by atoms with E-state index in [1.165, 1.54) is 0 Å². The number of nitrogens with zero attached hydrogens (tertiary/aromatic N) is 2. The molecular weight excluding hydrogens is 314 g/mol. The van der Waals surface area contributed by atoms with Crippen molar-refractivity contribution in [2.24, 2.45) is 11.7 Å². The van der Waals surface area contributed by atoms with Crippen LogP contribution in [0, 0.1) is 5.92 Å². The van der Waals surface area contributed by atoms with E-state index in [2.05, 4.69) is 28.0 Å². The van der Waals surface area contributed by atoms with Crippen LogP contribution in [0.1, 0.15) is 32.2 Å². The summed E-state index contributed by atoms with van der Waals surface area (Å²) in [4.78, 5) is 0. The summed E-state index contributed by atoms with van der Waals surface area (Å²) in [5.41, 5.74) is 7.64. The van der Waals surface area contributed by atoms with Crippen molar-refractivity contribution >= 4 is 26.7 Å². The number of halogens is 1. The van der Waals surface area contributed by atoms with E-state index in [4.69, 9.17) is 5.73 Å². The fourth-order valence-electron chi connectivity index (χ4n) is 1.75. The van der Waals surface area contributed by atoms with Gasteiger partial charge in [0.25, 0.3) is 0 Å². The molecule has 1 aromatic heterocycles.